The lowest BCUT2D eigenvalue weighted by Crippen LogP contribution is -2.42. The number of aromatic nitrogens is 1. The van der Waals surface area contributed by atoms with Gasteiger partial charge in [0.05, 0.1) is 12.5 Å². The lowest BCUT2D eigenvalue weighted by atomic mass is 9.84. The number of aryl methyl sites for hydroxylation is 1. The third-order valence-corrected chi connectivity index (χ3v) is 9.63. The van der Waals surface area contributed by atoms with E-state index in [4.69, 9.17) is 9.47 Å². The van der Waals surface area contributed by atoms with Crippen LogP contribution in [0.1, 0.15) is 82.8 Å². The number of carboxylic acids is 1. The summed E-state index contributed by atoms with van der Waals surface area (Å²) < 4.78 is 11.1. The van der Waals surface area contributed by atoms with Crippen LogP contribution in [0, 0.1) is 17.3 Å². The second-order valence-electron chi connectivity index (χ2n) is 13.6. The van der Waals surface area contributed by atoms with Crippen molar-refractivity contribution in [1.82, 2.24) is 14.8 Å². The molecule has 44 heavy (non-hydrogen) atoms. The molecule has 1 aromatic carbocycles. The van der Waals surface area contributed by atoms with Crippen LogP contribution in [0.3, 0.4) is 0 Å². The molecular formula is C35H47N3O6. The van der Waals surface area contributed by atoms with Crippen LogP contribution in [-0.4, -0.2) is 76.6 Å². The Kier molecular flexibility index (Phi) is 10.2. The highest BCUT2D eigenvalue weighted by atomic mass is 16.7. The second-order valence-corrected chi connectivity index (χ2v) is 13.6. The monoisotopic (exact) mass is 605 g/mol. The van der Waals surface area contributed by atoms with Crippen LogP contribution >= 0.6 is 0 Å². The van der Waals surface area contributed by atoms with Crippen LogP contribution < -0.4 is 9.47 Å². The number of unbranched alkanes of at least 4 members (excludes halogenated alkanes) is 2. The summed E-state index contributed by atoms with van der Waals surface area (Å²) in [7, 11) is 0. The largest absolute Gasteiger partial charge is 0.481 e. The molecule has 2 fully saturated rings. The lowest BCUT2D eigenvalue weighted by molar-refractivity contribution is -0.143. The smallest absolute Gasteiger partial charge is 0.308 e. The zero-order valence-electron chi connectivity index (χ0n) is 26.4. The van der Waals surface area contributed by atoms with Crippen LogP contribution in [0.15, 0.2) is 42.7 Å². The number of nitrogens with zero attached hydrogens (tertiary/aromatic N) is 3. The number of likely N-dealkylation sites (tertiary alicyclic amines) is 2. The number of fused-ring (bicyclic) bond motifs is 1. The second kappa shape index (κ2) is 14.1. The summed E-state index contributed by atoms with van der Waals surface area (Å²) in [4.78, 5) is 47.9. The first-order valence-corrected chi connectivity index (χ1v) is 16.2. The quantitative estimate of drug-likeness (QED) is 0.272. The number of rotatable bonds is 15. The highest BCUT2D eigenvalue weighted by Crippen LogP contribution is 2.43. The number of carbonyl (C=O) groups excluding carboxylic acids is 2. The first-order chi connectivity index (χ1) is 21.1. The van der Waals surface area contributed by atoms with Gasteiger partial charge in [-0.05, 0) is 60.4 Å². The molecular weight excluding hydrogens is 558 g/mol. The van der Waals surface area contributed by atoms with Gasteiger partial charge in [-0.2, -0.15) is 0 Å². The molecule has 1 amide bonds. The molecule has 2 aromatic rings. The van der Waals surface area contributed by atoms with E-state index in [1.165, 1.54) is 0 Å². The summed E-state index contributed by atoms with van der Waals surface area (Å²) >= 11 is 0. The number of hydrogen-bond acceptors (Lipinski definition) is 7. The van der Waals surface area contributed by atoms with Gasteiger partial charge in [0.25, 0.3) is 0 Å². The van der Waals surface area contributed by atoms with Crippen molar-refractivity contribution < 1.29 is 29.0 Å². The summed E-state index contributed by atoms with van der Waals surface area (Å²) in [6.07, 6.45) is 10.1. The third-order valence-electron chi connectivity index (χ3n) is 9.63. The molecule has 0 aliphatic carbocycles. The molecule has 4 atom stereocenters. The van der Waals surface area contributed by atoms with E-state index in [9.17, 15) is 19.5 Å². The molecule has 9 heteroatoms. The van der Waals surface area contributed by atoms with Crippen molar-refractivity contribution in [2.45, 2.75) is 84.1 Å². The Labute approximate surface area is 260 Å². The highest BCUT2D eigenvalue weighted by Gasteiger charge is 2.48. The number of benzene rings is 1. The predicted octanol–water partition coefficient (Wildman–Crippen LogP) is 5.33. The van der Waals surface area contributed by atoms with Crippen molar-refractivity contribution in [3.8, 4) is 11.5 Å². The molecule has 4 heterocycles. The Morgan fingerprint density at radius 3 is 2.66 bits per heavy atom. The summed E-state index contributed by atoms with van der Waals surface area (Å²) in [5, 5.41) is 10.6. The molecule has 5 rings (SSSR count). The Bertz CT molecular complexity index is 1310. The molecule has 1 unspecified atom stereocenters. The minimum Gasteiger partial charge on any atom is -0.481 e. The van der Waals surface area contributed by atoms with E-state index in [2.05, 4.69) is 30.7 Å². The van der Waals surface area contributed by atoms with E-state index >= 15 is 0 Å². The summed E-state index contributed by atoms with van der Waals surface area (Å²) in [5.74, 6) is -0.463. The van der Waals surface area contributed by atoms with Gasteiger partial charge in [0.1, 0.15) is 5.78 Å². The average molecular weight is 606 g/mol. The Morgan fingerprint density at radius 1 is 1.14 bits per heavy atom. The minimum absolute atomic E-state index is 0.0936. The van der Waals surface area contributed by atoms with Crippen molar-refractivity contribution in [2.75, 3.05) is 33.0 Å². The number of aliphatic carboxylic acids is 1. The SMILES string of the molecule is CCCCCC(CCc1cccnc1)C(=O)CN1C[C@H](c2ccc3c(c2)OCO3)[C@@H](C(=O)O)[C@@H]1CCN1CC(C)(C)CC1=O. The average Bonchev–Trinajstić information content (AvgIpc) is 3.68. The lowest BCUT2D eigenvalue weighted by Gasteiger charge is -2.30. The van der Waals surface area contributed by atoms with Gasteiger partial charge >= 0.3 is 5.97 Å². The van der Waals surface area contributed by atoms with E-state index in [0.717, 1.165) is 49.7 Å². The Morgan fingerprint density at radius 2 is 1.95 bits per heavy atom. The van der Waals surface area contributed by atoms with Gasteiger partial charge < -0.3 is 19.5 Å². The van der Waals surface area contributed by atoms with Gasteiger partial charge in [-0.3, -0.25) is 24.3 Å². The summed E-state index contributed by atoms with van der Waals surface area (Å²) in [5.41, 5.74) is 1.90. The number of amides is 1. The van der Waals surface area contributed by atoms with E-state index in [1.54, 1.807) is 6.20 Å². The van der Waals surface area contributed by atoms with Gasteiger partial charge in [-0.15, -0.1) is 0 Å². The molecule has 0 radical (unpaired) electrons. The van der Waals surface area contributed by atoms with Crippen LogP contribution in [0.2, 0.25) is 0 Å². The molecule has 3 aliphatic heterocycles. The zero-order chi connectivity index (χ0) is 31.3. The number of ether oxygens (including phenoxy) is 2. The molecule has 9 nitrogen and oxygen atoms in total. The van der Waals surface area contributed by atoms with Gasteiger partial charge in [-0.1, -0.05) is 52.2 Å². The molecule has 3 aliphatic rings. The maximum atomic E-state index is 14.0. The first kappa shape index (κ1) is 31.9. The van der Waals surface area contributed by atoms with Crippen molar-refractivity contribution in [3.63, 3.8) is 0 Å². The van der Waals surface area contributed by atoms with Gasteiger partial charge in [0.15, 0.2) is 11.5 Å². The standard InChI is InChI=1S/C35H47N3O6/c1-4-5-6-9-25(11-10-24-8-7-15-36-19-24)29(39)21-38-20-27(26-12-13-30-31(17-26)44-23-43-30)33(34(41)42)28(38)14-16-37-22-35(2,3)18-32(37)40/h7-8,12-13,15,17,19,25,27-28,33H,4-6,9-11,14,16,18,20-23H2,1-3H3,(H,41,42)/t25?,27-,28+,33-/m1/s1. The number of carbonyl (C=O) groups is 3. The Hall–Kier alpha value is -3.46. The summed E-state index contributed by atoms with van der Waals surface area (Å²) in [6, 6.07) is 9.24. The molecule has 238 valence electrons. The van der Waals surface area contributed by atoms with E-state index < -0.39 is 11.9 Å². The molecule has 0 bridgehead atoms. The number of pyridine rings is 1. The highest BCUT2D eigenvalue weighted by molar-refractivity contribution is 5.83. The number of ketones is 1. The van der Waals surface area contributed by atoms with Gasteiger partial charge in [0, 0.05) is 56.3 Å². The first-order valence-electron chi connectivity index (χ1n) is 16.2. The third kappa shape index (κ3) is 7.60. The normalized spacial score (nSPS) is 23.3. The minimum atomic E-state index is -0.878. The molecule has 1 N–H and O–H groups in total. The number of carboxylic acid groups (broad SMARTS) is 1. The number of hydrogen-bond donors (Lipinski definition) is 1. The maximum Gasteiger partial charge on any atom is 0.308 e. The van der Waals surface area contributed by atoms with Crippen molar-refractivity contribution in [2.24, 2.45) is 17.3 Å². The zero-order valence-corrected chi connectivity index (χ0v) is 26.4. The number of Topliss-reactive ketones (excluding diaryl/α,β-unsaturated/α-hetero) is 1. The van der Waals surface area contributed by atoms with Crippen molar-refractivity contribution in [1.29, 1.82) is 0 Å². The van der Waals surface area contributed by atoms with Crippen LogP contribution in [0.25, 0.3) is 0 Å². The van der Waals surface area contributed by atoms with Crippen LogP contribution in [0.4, 0.5) is 0 Å². The molecule has 1 aromatic heterocycles. The van der Waals surface area contributed by atoms with E-state index in [-0.39, 0.29) is 48.3 Å². The summed E-state index contributed by atoms with van der Waals surface area (Å²) in [6.45, 7) is 8.29. The fourth-order valence-electron chi connectivity index (χ4n) is 7.33. The van der Waals surface area contributed by atoms with Crippen molar-refractivity contribution in [3.05, 3.63) is 53.9 Å². The molecule has 0 spiro atoms. The van der Waals surface area contributed by atoms with Gasteiger partial charge in [0.2, 0.25) is 12.7 Å². The van der Waals surface area contributed by atoms with E-state index in [1.807, 2.05) is 41.4 Å². The van der Waals surface area contributed by atoms with Crippen molar-refractivity contribution >= 4 is 17.7 Å². The fraction of sp³-hybridized carbons (Fsp3) is 0.600. The topological polar surface area (TPSA) is 109 Å². The molecule has 2 saturated heterocycles. The van der Waals surface area contributed by atoms with Gasteiger partial charge in [-0.25, -0.2) is 0 Å². The molecule has 0 saturated carbocycles. The Balaban J connectivity index is 1.37. The maximum absolute atomic E-state index is 14.0. The van der Waals surface area contributed by atoms with Crippen LogP contribution in [0.5, 0.6) is 11.5 Å². The van der Waals surface area contributed by atoms with Crippen LogP contribution in [-0.2, 0) is 20.8 Å². The predicted molar refractivity (Wildman–Crippen MR) is 167 cm³/mol. The van der Waals surface area contributed by atoms with E-state index in [0.29, 0.717) is 44.0 Å². The fourth-order valence-corrected chi connectivity index (χ4v) is 7.33.